The summed E-state index contributed by atoms with van der Waals surface area (Å²) in [7, 11) is 0. The maximum atomic E-state index is 10.7. The van der Waals surface area contributed by atoms with Crippen LogP contribution in [0.2, 0.25) is 0 Å². The van der Waals surface area contributed by atoms with Crippen molar-refractivity contribution in [3.8, 4) is 5.75 Å². The zero-order chi connectivity index (χ0) is 12.3. The predicted octanol–water partition coefficient (Wildman–Crippen LogP) is 1.65. The summed E-state index contributed by atoms with van der Waals surface area (Å²) >= 11 is 0. The van der Waals surface area contributed by atoms with Gasteiger partial charge in [-0.1, -0.05) is 29.8 Å². The van der Waals surface area contributed by atoms with E-state index in [4.69, 9.17) is 15.6 Å². The van der Waals surface area contributed by atoms with Gasteiger partial charge in [0.1, 0.15) is 11.8 Å². The molecule has 1 atom stereocenters. The molecule has 0 aromatic heterocycles. The first kappa shape index (κ1) is 11.7. The van der Waals surface area contributed by atoms with Crippen molar-refractivity contribution in [2.24, 2.45) is 5.73 Å². The van der Waals surface area contributed by atoms with Crippen LogP contribution in [0.25, 0.3) is 6.08 Å². The van der Waals surface area contributed by atoms with Gasteiger partial charge in [-0.05, 0) is 12.5 Å². The van der Waals surface area contributed by atoms with Crippen LogP contribution in [-0.2, 0) is 4.79 Å². The van der Waals surface area contributed by atoms with E-state index in [9.17, 15) is 4.79 Å². The fourth-order valence-electron chi connectivity index (χ4n) is 1.85. The number of carboxylic acid groups (broad SMARTS) is 1. The van der Waals surface area contributed by atoms with Crippen LogP contribution in [0.4, 0.5) is 0 Å². The number of carboxylic acids is 1. The first-order valence-electron chi connectivity index (χ1n) is 5.56. The van der Waals surface area contributed by atoms with Gasteiger partial charge in [-0.3, -0.25) is 4.79 Å². The van der Waals surface area contributed by atoms with Crippen molar-refractivity contribution in [2.45, 2.75) is 18.9 Å². The van der Waals surface area contributed by atoms with Crippen molar-refractivity contribution in [3.63, 3.8) is 0 Å². The van der Waals surface area contributed by atoms with Gasteiger partial charge < -0.3 is 15.6 Å². The maximum absolute atomic E-state index is 10.7. The average molecular weight is 233 g/mol. The molecule has 4 heteroatoms. The SMILES string of the molecule is N[C@@H](CC1=Cc2ccccc2OCC1)C(=O)O. The van der Waals surface area contributed by atoms with E-state index in [1.807, 2.05) is 30.3 Å². The lowest BCUT2D eigenvalue weighted by Gasteiger charge is -2.08. The highest BCUT2D eigenvalue weighted by molar-refractivity contribution is 5.74. The van der Waals surface area contributed by atoms with E-state index >= 15 is 0 Å². The van der Waals surface area contributed by atoms with E-state index in [2.05, 4.69) is 0 Å². The molecule has 0 saturated carbocycles. The molecule has 1 aliphatic rings. The number of aliphatic carboxylic acids is 1. The lowest BCUT2D eigenvalue weighted by molar-refractivity contribution is -0.138. The molecule has 1 heterocycles. The fraction of sp³-hybridized carbons (Fsp3) is 0.308. The molecule has 0 saturated heterocycles. The summed E-state index contributed by atoms with van der Waals surface area (Å²) in [6.07, 6.45) is 3.06. The van der Waals surface area contributed by atoms with Crippen molar-refractivity contribution in [3.05, 3.63) is 35.4 Å². The van der Waals surface area contributed by atoms with E-state index in [-0.39, 0.29) is 0 Å². The molecule has 0 spiro atoms. The Bertz CT molecular complexity index is 454. The van der Waals surface area contributed by atoms with Crippen LogP contribution in [0.15, 0.2) is 29.8 Å². The highest BCUT2D eigenvalue weighted by Gasteiger charge is 2.16. The minimum atomic E-state index is -0.968. The van der Waals surface area contributed by atoms with Gasteiger partial charge >= 0.3 is 5.97 Å². The van der Waals surface area contributed by atoms with Gasteiger partial charge in [0, 0.05) is 12.0 Å². The van der Waals surface area contributed by atoms with Crippen molar-refractivity contribution >= 4 is 12.0 Å². The lowest BCUT2D eigenvalue weighted by atomic mass is 10.0. The molecular formula is C13H15NO3. The van der Waals surface area contributed by atoms with Crippen molar-refractivity contribution in [1.29, 1.82) is 0 Å². The van der Waals surface area contributed by atoms with Crippen molar-refractivity contribution in [1.82, 2.24) is 0 Å². The van der Waals surface area contributed by atoms with Crippen LogP contribution in [-0.4, -0.2) is 23.7 Å². The van der Waals surface area contributed by atoms with Gasteiger partial charge in [-0.2, -0.15) is 0 Å². The summed E-state index contributed by atoms with van der Waals surface area (Å²) in [4.78, 5) is 10.7. The molecule has 0 bridgehead atoms. The summed E-state index contributed by atoms with van der Waals surface area (Å²) in [6, 6.07) is 6.87. The first-order chi connectivity index (χ1) is 8.16. The number of para-hydroxylation sites is 1. The molecule has 2 rings (SSSR count). The number of ether oxygens (including phenoxy) is 1. The zero-order valence-electron chi connectivity index (χ0n) is 9.43. The van der Waals surface area contributed by atoms with Gasteiger partial charge in [0.2, 0.25) is 0 Å². The summed E-state index contributed by atoms with van der Waals surface area (Å²) in [5.41, 5.74) is 7.54. The van der Waals surface area contributed by atoms with Gasteiger partial charge in [0.05, 0.1) is 6.61 Å². The van der Waals surface area contributed by atoms with E-state index in [1.54, 1.807) is 0 Å². The monoisotopic (exact) mass is 233 g/mol. The summed E-state index contributed by atoms with van der Waals surface area (Å²) < 4.78 is 5.58. The Hall–Kier alpha value is -1.81. The van der Waals surface area contributed by atoms with Gasteiger partial charge in [0.15, 0.2) is 0 Å². The number of carbonyl (C=O) groups is 1. The van der Waals surface area contributed by atoms with E-state index < -0.39 is 12.0 Å². The van der Waals surface area contributed by atoms with Crippen LogP contribution in [0.5, 0.6) is 5.75 Å². The molecule has 1 aromatic rings. The molecule has 17 heavy (non-hydrogen) atoms. The Morgan fingerprint density at radius 3 is 3.00 bits per heavy atom. The summed E-state index contributed by atoms with van der Waals surface area (Å²) in [5.74, 6) is -0.129. The Labute approximate surface area is 99.7 Å². The van der Waals surface area contributed by atoms with Gasteiger partial charge in [-0.15, -0.1) is 0 Å². The third-order valence-electron chi connectivity index (χ3n) is 2.76. The Morgan fingerprint density at radius 2 is 2.24 bits per heavy atom. The van der Waals surface area contributed by atoms with E-state index in [1.165, 1.54) is 0 Å². The molecule has 0 unspecified atom stereocenters. The van der Waals surface area contributed by atoms with Crippen molar-refractivity contribution in [2.75, 3.05) is 6.61 Å². The Balaban J connectivity index is 2.19. The Kier molecular flexibility index (Phi) is 3.44. The third-order valence-corrected chi connectivity index (χ3v) is 2.76. The first-order valence-corrected chi connectivity index (χ1v) is 5.56. The number of nitrogens with two attached hydrogens (primary N) is 1. The summed E-state index contributed by atoms with van der Waals surface area (Å²) in [5, 5.41) is 8.79. The number of rotatable bonds is 3. The zero-order valence-corrected chi connectivity index (χ0v) is 9.43. The third kappa shape index (κ3) is 2.85. The second-order valence-corrected chi connectivity index (χ2v) is 4.09. The maximum Gasteiger partial charge on any atom is 0.320 e. The Morgan fingerprint density at radius 1 is 1.47 bits per heavy atom. The number of hydrogen-bond donors (Lipinski definition) is 2. The smallest absolute Gasteiger partial charge is 0.320 e. The lowest BCUT2D eigenvalue weighted by Crippen LogP contribution is -2.30. The largest absolute Gasteiger partial charge is 0.493 e. The molecule has 0 amide bonds. The van der Waals surface area contributed by atoms with E-state index in [0.29, 0.717) is 13.0 Å². The topological polar surface area (TPSA) is 72.5 Å². The highest BCUT2D eigenvalue weighted by atomic mass is 16.5. The molecule has 0 aliphatic carbocycles. The summed E-state index contributed by atoms with van der Waals surface area (Å²) in [6.45, 7) is 0.565. The molecule has 90 valence electrons. The minimum Gasteiger partial charge on any atom is -0.493 e. The second kappa shape index (κ2) is 5.01. The molecular weight excluding hydrogens is 218 g/mol. The average Bonchev–Trinajstić information content (AvgIpc) is 2.50. The van der Waals surface area contributed by atoms with Crippen LogP contribution < -0.4 is 10.5 Å². The van der Waals surface area contributed by atoms with Crippen LogP contribution in [0, 0.1) is 0 Å². The minimum absolute atomic E-state index is 0.368. The molecule has 0 fully saturated rings. The standard InChI is InChI=1S/C13H15NO3/c14-11(13(15)16)8-9-5-6-17-12-4-2-1-3-10(12)7-9/h1-4,7,11H,5-6,8,14H2,(H,15,16)/t11-/m0/s1. The molecule has 1 aromatic carbocycles. The van der Waals surface area contributed by atoms with Gasteiger partial charge in [0.25, 0.3) is 0 Å². The molecule has 1 aliphatic heterocycles. The quantitative estimate of drug-likeness (QED) is 0.832. The molecule has 3 N–H and O–H groups in total. The van der Waals surface area contributed by atoms with Crippen LogP contribution in [0.1, 0.15) is 18.4 Å². The number of hydrogen-bond acceptors (Lipinski definition) is 3. The molecule has 0 radical (unpaired) electrons. The number of benzene rings is 1. The van der Waals surface area contributed by atoms with Crippen molar-refractivity contribution < 1.29 is 14.6 Å². The predicted molar refractivity (Wildman–Crippen MR) is 64.8 cm³/mol. The van der Waals surface area contributed by atoms with Crippen LogP contribution >= 0.6 is 0 Å². The molecule has 4 nitrogen and oxygen atoms in total. The number of fused-ring (bicyclic) bond motifs is 1. The van der Waals surface area contributed by atoms with E-state index in [0.717, 1.165) is 23.3 Å². The van der Waals surface area contributed by atoms with Gasteiger partial charge in [-0.25, -0.2) is 0 Å². The normalized spacial score (nSPS) is 16.2. The van der Waals surface area contributed by atoms with Crippen LogP contribution in [0.3, 0.4) is 0 Å². The second-order valence-electron chi connectivity index (χ2n) is 4.09. The fourth-order valence-corrected chi connectivity index (χ4v) is 1.85. The highest BCUT2D eigenvalue weighted by Crippen LogP contribution is 2.26.